The van der Waals surface area contributed by atoms with Crippen molar-refractivity contribution in [3.8, 4) is 6.07 Å². The molecule has 0 heterocycles. The summed E-state index contributed by atoms with van der Waals surface area (Å²) in [6.45, 7) is 1.09. The molecule has 2 aliphatic rings. The van der Waals surface area contributed by atoms with Crippen LogP contribution in [0.5, 0.6) is 0 Å². The second-order valence-corrected chi connectivity index (χ2v) is 6.75. The smallest absolute Gasteiger partial charge is 0.234 e. The van der Waals surface area contributed by atoms with E-state index in [1.165, 1.54) is 25.7 Å². The van der Waals surface area contributed by atoms with Crippen molar-refractivity contribution in [1.29, 1.82) is 5.26 Å². The van der Waals surface area contributed by atoms with E-state index in [1.807, 2.05) is 30.1 Å². The number of amides is 1. The summed E-state index contributed by atoms with van der Waals surface area (Å²) in [5, 5.41) is 12.2. The van der Waals surface area contributed by atoms with Crippen molar-refractivity contribution in [2.75, 3.05) is 13.6 Å². The lowest BCUT2D eigenvalue weighted by molar-refractivity contribution is -0.123. The summed E-state index contributed by atoms with van der Waals surface area (Å²) in [5.74, 6) is 1.59. The maximum absolute atomic E-state index is 12.2. The average molecular weight is 297 g/mol. The molecular formula is C18H23N3O. The number of nitriles is 1. The van der Waals surface area contributed by atoms with Gasteiger partial charge >= 0.3 is 0 Å². The van der Waals surface area contributed by atoms with E-state index in [9.17, 15) is 4.79 Å². The van der Waals surface area contributed by atoms with Crippen molar-refractivity contribution < 1.29 is 4.79 Å². The molecule has 0 radical (unpaired) electrons. The molecule has 0 aromatic heterocycles. The number of benzene rings is 1. The first-order chi connectivity index (χ1) is 10.7. The van der Waals surface area contributed by atoms with E-state index in [0.29, 0.717) is 24.7 Å². The Kier molecular flexibility index (Phi) is 4.44. The molecule has 0 aliphatic heterocycles. The number of nitrogens with zero attached hydrogens (tertiary/aromatic N) is 2. The SMILES string of the molecule is CN(CC(=O)NC(C1CC1)C1CC1)Cc1cccc(C#N)c1. The highest BCUT2D eigenvalue weighted by molar-refractivity contribution is 5.78. The highest BCUT2D eigenvalue weighted by Gasteiger charge is 2.42. The van der Waals surface area contributed by atoms with Gasteiger partial charge in [-0.05, 0) is 62.3 Å². The summed E-state index contributed by atoms with van der Waals surface area (Å²) in [6.07, 6.45) is 5.10. The minimum atomic E-state index is 0.128. The monoisotopic (exact) mass is 297 g/mol. The van der Waals surface area contributed by atoms with Gasteiger partial charge in [0.2, 0.25) is 5.91 Å². The van der Waals surface area contributed by atoms with Gasteiger partial charge in [-0.25, -0.2) is 0 Å². The van der Waals surface area contributed by atoms with Crippen LogP contribution in [-0.4, -0.2) is 30.4 Å². The van der Waals surface area contributed by atoms with Gasteiger partial charge in [0.25, 0.3) is 0 Å². The van der Waals surface area contributed by atoms with Crippen LogP contribution in [0.4, 0.5) is 0 Å². The van der Waals surface area contributed by atoms with Crippen molar-refractivity contribution in [3.63, 3.8) is 0 Å². The average Bonchev–Trinajstić information content (AvgIpc) is 3.38. The van der Waals surface area contributed by atoms with Gasteiger partial charge in [0.05, 0.1) is 18.2 Å². The molecule has 0 atom stereocenters. The molecule has 1 amide bonds. The normalized spacial score (nSPS) is 17.5. The molecule has 2 fully saturated rings. The number of carbonyl (C=O) groups excluding carboxylic acids is 1. The van der Waals surface area contributed by atoms with Crippen LogP contribution < -0.4 is 5.32 Å². The Morgan fingerprint density at radius 3 is 2.64 bits per heavy atom. The Labute approximate surface area is 132 Å². The van der Waals surface area contributed by atoms with Gasteiger partial charge in [-0.2, -0.15) is 5.26 Å². The van der Waals surface area contributed by atoms with E-state index < -0.39 is 0 Å². The second kappa shape index (κ2) is 6.50. The van der Waals surface area contributed by atoms with Gasteiger partial charge in [0.15, 0.2) is 0 Å². The minimum Gasteiger partial charge on any atom is -0.352 e. The van der Waals surface area contributed by atoms with E-state index in [0.717, 1.165) is 17.4 Å². The zero-order valence-electron chi connectivity index (χ0n) is 13.1. The van der Waals surface area contributed by atoms with E-state index >= 15 is 0 Å². The molecule has 0 spiro atoms. The topological polar surface area (TPSA) is 56.1 Å². The summed E-state index contributed by atoms with van der Waals surface area (Å²) in [6, 6.07) is 10.1. The molecule has 22 heavy (non-hydrogen) atoms. The van der Waals surface area contributed by atoms with Crippen LogP contribution in [-0.2, 0) is 11.3 Å². The number of hydrogen-bond donors (Lipinski definition) is 1. The van der Waals surface area contributed by atoms with E-state index in [2.05, 4.69) is 11.4 Å². The molecule has 2 saturated carbocycles. The largest absolute Gasteiger partial charge is 0.352 e. The number of likely N-dealkylation sites (N-methyl/N-ethyl adjacent to an activating group) is 1. The fraction of sp³-hybridized carbons (Fsp3) is 0.556. The number of hydrogen-bond acceptors (Lipinski definition) is 3. The number of rotatable bonds is 7. The lowest BCUT2D eigenvalue weighted by atomic mass is 10.1. The standard InChI is InChI=1S/C18H23N3O/c1-21(11-14-4-2-3-13(9-14)10-19)12-17(22)20-18(15-5-6-15)16-7-8-16/h2-4,9,15-16,18H,5-8,11-12H2,1H3,(H,20,22). The summed E-state index contributed by atoms with van der Waals surface area (Å²) >= 11 is 0. The van der Waals surface area contributed by atoms with Gasteiger partial charge in [0, 0.05) is 12.6 Å². The first-order valence-electron chi connectivity index (χ1n) is 8.12. The van der Waals surface area contributed by atoms with Gasteiger partial charge < -0.3 is 5.32 Å². The molecule has 116 valence electrons. The van der Waals surface area contributed by atoms with Crippen LogP contribution >= 0.6 is 0 Å². The zero-order chi connectivity index (χ0) is 15.5. The third kappa shape index (κ3) is 4.08. The van der Waals surface area contributed by atoms with Gasteiger partial charge in [-0.15, -0.1) is 0 Å². The lowest BCUT2D eigenvalue weighted by Gasteiger charge is -2.21. The first kappa shape index (κ1) is 15.1. The van der Waals surface area contributed by atoms with Crippen LogP contribution in [0.3, 0.4) is 0 Å². The van der Waals surface area contributed by atoms with Gasteiger partial charge in [0.1, 0.15) is 0 Å². The van der Waals surface area contributed by atoms with Crippen LogP contribution in [0.25, 0.3) is 0 Å². The van der Waals surface area contributed by atoms with Gasteiger partial charge in [-0.1, -0.05) is 12.1 Å². The molecule has 0 unspecified atom stereocenters. The maximum atomic E-state index is 12.2. The predicted molar refractivity (Wildman–Crippen MR) is 84.9 cm³/mol. The first-order valence-corrected chi connectivity index (χ1v) is 8.12. The van der Waals surface area contributed by atoms with Crippen LogP contribution in [0.1, 0.15) is 36.8 Å². The molecule has 2 aliphatic carbocycles. The summed E-state index contributed by atoms with van der Waals surface area (Å²) in [7, 11) is 1.95. The van der Waals surface area contributed by atoms with Crippen molar-refractivity contribution in [2.45, 2.75) is 38.3 Å². The van der Waals surface area contributed by atoms with E-state index in [4.69, 9.17) is 5.26 Å². The summed E-state index contributed by atoms with van der Waals surface area (Å²) in [5.41, 5.74) is 1.73. The van der Waals surface area contributed by atoms with Crippen LogP contribution in [0.2, 0.25) is 0 Å². The van der Waals surface area contributed by atoms with E-state index in [-0.39, 0.29) is 5.91 Å². The fourth-order valence-electron chi connectivity index (χ4n) is 3.11. The van der Waals surface area contributed by atoms with Crippen LogP contribution in [0, 0.1) is 23.2 Å². The molecule has 1 aromatic rings. The number of nitrogens with one attached hydrogen (secondary N) is 1. The Hall–Kier alpha value is -1.86. The van der Waals surface area contributed by atoms with Crippen molar-refractivity contribution in [2.24, 2.45) is 11.8 Å². The highest BCUT2D eigenvalue weighted by Crippen LogP contribution is 2.44. The van der Waals surface area contributed by atoms with Crippen molar-refractivity contribution >= 4 is 5.91 Å². The summed E-state index contributed by atoms with van der Waals surface area (Å²) < 4.78 is 0. The quantitative estimate of drug-likeness (QED) is 0.840. The molecule has 1 N–H and O–H groups in total. The van der Waals surface area contributed by atoms with Gasteiger partial charge in [-0.3, -0.25) is 9.69 Å². The van der Waals surface area contributed by atoms with Crippen molar-refractivity contribution in [1.82, 2.24) is 10.2 Å². The fourth-order valence-corrected chi connectivity index (χ4v) is 3.11. The third-order valence-corrected chi connectivity index (χ3v) is 4.51. The Morgan fingerprint density at radius 2 is 2.05 bits per heavy atom. The lowest BCUT2D eigenvalue weighted by Crippen LogP contribution is -2.43. The molecule has 4 nitrogen and oxygen atoms in total. The minimum absolute atomic E-state index is 0.128. The highest BCUT2D eigenvalue weighted by atomic mass is 16.2. The Balaban J connectivity index is 1.49. The molecular weight excluding hydrogens is 274 g/mol. The summed E-state index contributed by atoms with van der Waals surface area (Å²) in [4.78, 5) is 14.2. The number of carbonyl (C=O) groups is 1. The maximum Gasteiger partial charge on any atom is 0.234 e. The zero-order valence-corrected chi connectivity index (χ0v) is 13.1. The third-order valence-electron chi connectivity index (χ3n) is 4.51. The molecule has 1 aromatic carbocycles. The van der Waals surface area contributed by atoms with E-state index in [1.54, 1.807) is 6.07 Å². The second-order valence-electron chi connectivity index (χ2n) is 6.75. The molecule has 0 bridgehead atoms. The van der Waals surface area contributed by atoms with Crippen LogP contribution in [0.15, 0.2) is 24.3 Å². The predicted octanol–water partition coefficient (Wildman–Crippen LogP) is 2.29. The Bertz CT molecular complexity index is 572. The Morgan fingerprint density at radius 1 is 1.36 bits per heavy atom. The molecule has 4 heteroatoms. The van der Waals surface area contributed by atoms with Crippen molar-refractivity contribution in [3.05, 3.63) is 35.4 Å². The molecule has 3 rings (SSSR count). The molecule has 0 saturated heterocycles.